The number of aliphatic hydroxyl groups excluding tert-OH is 1. The third-order valence-electron chi connectivity index (χ3n) is 4.89. The smallest absolute Gasteiger partial charge is 0.0965 e. The van der Waals surface area contributed by atoms with Gasteiger partial charge in [-0.1, -0.05) is 18.2 Å². The summed E-state index contributed by atoms with van der Waals surface area (Å²) in [5.41, 5.74) is 3.57. The summed E-state index contributed by atoms with van der Waals surface area (Å²) >= 11 is 0. The molecule has 20 heavy (non-hydrogen) atoms. The van der Waals surface area contributed by atoms with E-state index in [0.717, 1.165) is 31.6 Å². The molecule has 0 spiro atoms. The molecule has 3 aliphatic rings. The van der Waals surface area contributed by atoms with Crippen LogP contribution in [0.5, 0.6) is 0 Å². The first-order valence-electron chi connectivity index (χ1n) is 7.43. The maximum Gasteiger partial charge on any atom is 0.0965 e. The molecule has 3 heteroatoms. The first-order valence-corrected chi connectivity index (χ1v) is 7.43. The molecular weight excluding hydrogens is 248 g/mol. The molecule has 0 aliphatic carbocycles. The van der Waals surface area contributed by atoms with E-state index in [-0.39, 0.29) is 6.10 Å². The van der Waals surface area contributed by atoms with Crippen LogP contribution in [0, 0.1) is 5.92 Å². The van der Waals surface area contributed by atoms with Crippen molar-refractivity contribution in [1.82, 2.24) is 9.47 Å². The third-order valence-corrected chi connectivity index (χ3v) is 4.89. The lowest BCUT2D eigenvalue weighted by Crippen LogP contribution is -2.48. The largest absolute Gasteiger partial charge is 0.387 e. The zero-order valence-corrected chi connectivity index (χ0v) is 11.8. The van der Waals surface area contributed by atoms with Crippen molar-refractivity contribution in [2.24, 2.45) is 13.0 Å². The Morgan fingerprint density at radius 3 is 2.70 bits per heavy atom. The lowest BCUT2D eigenvalue weighted by atomic mass is 9.83. The fourth-order valence-electron chi connectivity index (χ4n) is 3.73. The summed E-state index contributed by atoms with van der Waals surface area (Å²) < 4.78 is 2.16. The predicted octanol–water partition coefficient (Wildman–Crippen LogP) is 2.61. The number of aryl methyl sites for hydroxylation is 1. The normalized spacial score (nSPS) is 27.7. The summed E-state index contributed by atoms with van der Waals surface area (Å²) in [7, 11) is 2.08. The van der Waals surface area contributed by atoms with Gasteiger partial charge in [0.2, 0.25) is 0 Å². The monoisotopic (exact) mass is 268 g/mol. The number of hydrogen-bond acceptors (Lipinski definition) is 2. The molecule has 1 atom stereocenters. The SMILES string of the molecule is Cn1cc(C=C2C(O)C3CCN2CC3)c2ccccc21. The molecule has 0 saturated carbocycles. The van der Waals surface area contributed by atoms with Crippen molar-refractivity contribution < 1.29 is 5.11 Å². The highest BCUT2D eigenvalue weighted by Crippen LogP contribution is 2.36. The number of benzene rings is 1. The van der Waals surface area contributed by atoms with Crippen LogP contribution in [0.3, 0.4) is 0 Å². The second kappa shape index (κ2) is 4.38. The van der Waals surface area contributed by atoms with Gasteiger partial charge in [-0.25, -0.2) is 0 Å². The highest BCUT2D eigenvalue weighted by Gasteiger charge is 2.36. The number of rotatable bonds is 1. The maximum absolute atomic E-state index is 10.5. The minimum atomic E-state index is -0.281. The van der Waals surface area contributed by atoms with Crippen molar-refractivity contribution >= 4 is 17.0 Å². The van der Waals surface area contributed by atoms with Gasteiger partial charge in [0.25, 0.3) is 0 Å². The van der Waals surface area contributed by atoms with E-state index in [4.69, 9.17) is 0 Å². The number of para-hydroxylation sites is 1. The Balaban J connectivity index is 1.82. The minimum absolute atomic E-state index is 0.281. The Morgan fingerprint density at radius 2 is 1.95 bits per heavy atom. The molecule has 104 valence electrons. The average Bonchev–Trinajstić information content (AvgIpc) is 2.80. The molecule has 1 aromatic heterocycles. The Bertz CT molecular complexity index is 673. The number of nitrogens with zero attached hydrogens (tertiary/aromatic N) is 2. The van der Waals surface area contributed by atoms with Gasteiger partial charge in [0.15, 0.2) is 0 Å². The van der Waals surface area contributed by atoms with Gasteiger partial charge < -0.3 is 14.6 Å². The fraction of sp³-hybridized carbons (Fsp3) is 0.412. The summed E-state index contributed by atoms with van der Waals surface area (Å²) in [6.07, 6.45) is 6.34. The van der Waals surface area contributed by atoms with Crippen LogP contribution < -0.4 is 0 Å². The van der Waals surface area contributed by atoms with E-state index in [1.54, 1.807) is 0 Å². The number of piperidine rings is 3. The Labute approximate surface area is 119 Å². The second-order valence-corrected chi connectivity index (χ2v) is 6.05. The molecule has 2 aromatic rings. The summed E-state index contributed by atoms with van der Waals surface area (Å²) in [6.45, 7) is 2.19. The van der Waals surface area contributed by atoms with Gasteiger partial charge in [0.1, 0.15) is 0 Å². The van der Waals surface area contributed by atoms with E-state index >= 15 is 0 Å². The number of aliphatic hydroxyl groups is 1. The van der Waals surface area contributed by atoms with Crippen LogP contribution in [-0.4, -0.2) is 33.8 Å². The zero-order valence-electron chi connectivity index (χ0n) is 11.8. The van der Waals surface area contributed by atoms with Gasteiger partial charge in [-0.15, -0.1) is 0 Å². The standard InChI is InChI=1S/C17H20N2O/c1-18-11-13(14-4-2-3-5-15(14)18)10-16-17(20)12-6-8-19(16)9-7-12/h2-5,10-12,17,20H,6-9H2,1H3. The quantitative estimate of drug-likeness (QED) is 0.861. The van der Waals surface area contributed by atoms with Crippen molar-refractivity contribution in [2.45, 2.75) is 18.9 Å². The predicted molar refractivity (Wildman–Crippen MR) is 81.2 cm³/mol. The van der Waals surface area contributed by atoms with Gasteiger partial charge in [-0.3, -0.25) is 0 Å². The molecule has 5 rings (SSSR count). The van der Waals surface area contributed by atoms with E-state index in [2.05, 4.69) is 53.1 Å². The molecule has 1 aromatic carbocycles. The summed E-state index contributed by atoms with van der Waals surface area (Å²) in [6, 6.07) is 8.44. The van der Waals surface area contributed by atoms with Gasteiger partial charge in [0.05, 0.1) is 6.10 Å². The van der Waals surface area contributed by atoms with E-state index in [0.29, 0.717) is 5.92 Å². The van der Waals surface area contributed by atoms with Crippen molar-refractivity contribution in [1.29, 1.82) is 0 Å². The number of hydrogen-bond donors (Lipinski definition) is 1. The van der Waals surface area contributed by atoms with Crippen LogP contribution in [0.4, 0.5) is 0 Å². The number of fused-ring (bicyclic) bond motifs is 4. The molecule has 1 N–H and O–H groups in total. The van der Waals surface area contributed by atoms with Crippen molar-refractivity contribution in [3.05, 3.63) is 41.7 Å². The first-order chi connectivity index (χ1) is 9.74. The lowest BCUT2D eigenvalue weighted by Gasteiger charge is -2.45. The van der Waals surface area contributed by atoms with E-state index in [1.807, 2.05) is 0 Å². The van der Waals surface area contributed by atoms with Gasteiger partial charge >= 0.3 is 0 Å². The topological polar surface area (TPSA) is 28.4 Å². The van der Waals surface area contributed by atoms with Crippen LogP contribution in [-0.2, 0) is 7.05 Å². The second-order valence-electron chi connectivity index (χ2n) is 6.05. The Morgan fingerprint density at radius 1 is 1.20 bits per heavy atom. The summed E-state index contributed by atoms with van der Waals surface area (Å²) in [5, 5.41) is 11.7. The summed E-state index contributed by atoms with van der Waals surface area (Å²) in [4.78, 5) is 2.35. The van der Waals surface area contributed by atoms with Crippen molar-refractivity contribution in [3.8, 4) is 0 Å². The summed E-state index contributed by atoms with van der Waals surface area (Å²) in [5.74, 6) is 0.459. The van der Waals surface area contributed by atoms with Crippen LogP contribution >= 0.6 is 0 Å². The molecule has 0 amide bonds. The van der Waals surface area contributed by atoms with Gasteiger partial charge in [-0.05, 0) is 30.9 Å². The highest BCUT2D eigenvalue weighted by atomic mass is 16.3. The van der Waals surface area contributed by atoms with Crippen molar-refractivity contribution in [3.63, 3.8) is 0 Å². The molecular formula is C17H20N2O. The maximum atomic E-state index is 10.5. The van der Waals surface area contributed by atoms with Crippen LogP contribution in [0.15, 0.2) is 36.2 Å². The first kappa shape index (κ1) is 12.0. The third kappa shape index (κ3) is 1.70. The molecule has 4 heterocycles. The lowest BCUT2D eigenvalue weighted by molar-refractivity contribution is 0.0215. The Kier molecular flexibility index (Phi) is 2.64. The minimum Gasteiger partial charge on any atom is -0.387 e. The van der Waals surface area contributed by atoms with E-state index in [1.165, 1.54) is 16.5 Å². The van der Waals surface area contributed by atoms with Crippen molar-refractivity contribution in [2.75, 3.05) is 13.1 Å². The molecule has 2 bridgehead atoms. The Hall–Kier alpha value is -1.74. The molecule has 3 aliphatic heterocycles. The van der Waals surface area contributed by atoms with E-state index < -0.39 is 0 Å². The zero-order chi connectivity index (χ0) is 13.7. The molecule has 3 saturated heterocycles. The van der Waals surface area contributed by atoms with Gasteiger partial charge in [0, 0.05) is 48.5 Å². The molecule has 0 radical (unpaired) electrons. The fourth-order valence-corrected chi connectivity index (χ4v) is 3.73. The molecule has 3 fully saturated rings. The van der Waals surface area contributed by atoms with E-state index in [9.17, 15) is 5.11 Å². The number of aromatic nitrogens is 1. The van der Waals surface area contributed by atoms with Crippen LogP contribution in [0.1, 0.15) is 18.4 Å². The van der Waals surface area contributed by atoms with Gasteiger partial charge in [-0.2, -0.15) is 0 Å². The average molecular weight is 268 g/mol. The van der Waals surface area contributed by atoms with Crippen LogP contribution in [0.2, 0.25) is 0 Å². The van der Waals surface area contributed by atoms with Crippen LogP contribution in [0.25, 0.3) is 17.0 Å². The molecule has 1 unspecified atom stereocenters. The molecule has 3 nitrogen and oxygen atoms in total. The highest BCUT2D eigenvalue weighted by molar-refractivity contribution is 5.89.